The molecule has 1 heterocycles. The molecule has 5 heteroatoms. The molecule has 5 nitrogen and oxygen atoms in total. The molecule has 0 bridgehead atoms. The molecule has 0 spiro atoms. The molecule has 1 amide bonds. The van der Waals surface area contributed by atoms with Gasteiger partial charge in [0.05, 0.1) is 0 Å². The van der Waals surface area contributed by atoms with Crippen LogP contribution >= 0.6 is 0 Å². The summed E-state index contributed by atoms with van der Waals surface area (Å²) in [5.41, 5.74) is 0. The second-order valence-corrected chi connectivity index (χ2v) is 7.06. The predicted molar refractivity (Wildman–Crippen MR) is 80.9 cm³/mol. The van der Waals surface area contributed by atoms with E-state index in [1.54, 1.807) is 0 Å². The fourth-order valence-corrected chi connectivity index (χ4v) is 3.13. The maximum atomic E-state index is 11.9. The first-order valence-corrected chi connectivity index (χ1v) is 8.18. The Kier molecular flexibility index (Phi) is 5.62. The Morgan fingerprint density at radius 2 is 1.95 bits per heavy atom. The summed E-state index contributed by atoms with van der Waals surface area (Å²) in [5.74, 6) is 0.583. The Morgan fingerprint density at radius 3 is 2.52 bits per heavy atom. The number of nitrogens with one attached hydrogen (secondary N) is 1. The zero-order valence-electron chi connectivity index (χ0n) is 13.2. The van der Waals surface area contributed by atoms with Gasteiger partial charge in [-0.2, -0.15) is 0 Å². The van der Waals surface area contributed by atoms with Gasteiger partial charge in [0.1, 0.15) is 0 Å². The van der Waals surface area contributed by atoms with Crippen LogP contribution in [0.5, 0.6) is 0 Å². The maximum absolute atomic E-state index is 11.9. The molecule has 120 valence electrons. The van der Waals surface area contributed by atoms with Crippen molar-refractivity contribution in [2.75, 3.05) is 19.6 Å². The lowest BCUT2D eigenvalue weighted by molar-refractivity contribution is -0.137. The molecule has 0 radical (unpaired) electrons. The zero-order valence-corrected chi connectivity index (χ0v) is 13.2. The number of carboxylic acids is 1. The Hall–Kier alpha value is -1.10. The molecule has 1 aliphatic carbocycles. The maximum Gasteiger partial charge on any atom is 0.303 e. The highest BCUT2D eigenvalue weighted by atomic mass is 16.4. The molecular weight excluding hydrogens is 268 g/mol. The summed E-state index contributed by atoms with van der Waals surface area (Å²) in [5, 5.41) is 12.0. The normalized spacial score (nSPS) is 26.8. The van der Waals surface area contributed by atoms with Crippen molar-refractivity contribution in [3.05, 3.63) is 0 Å². The molecule has 2 aliphatic rings. The monoisotopic (exact) mass is 296 g/mol. The molecule has 2 atom stereocenters. The number of carbonyl (C=O) groups is 2. The number of hydrogen-bond donors (Lipinski definition) is 2. The molecule has 1 saturated heterocycles. The third-order valence-electron chi connectivity index (χ3n) is 4.46. The Labute approximate surface area is 127 Å². The van der Waals surface area contributed by atoms with Crippen LogP contribution in [0.1, 0.15) is 46.0 Å². The Morgan fingerprint density at radius 1 is 1.24 bits per heavy atom. The summed E-state index contributed by atoms with van der Waals surface area (Å²) in [6, 6.07) is 0.172. The van der Waals surface area contributed by atoms with Crippen LogP contribution < -0.4 is 5.32 Å². The van der Waals surface area contributed by atoms with Crippen LogP contribution in [0.25, 0.3) is 0 Å². The van der Waals surface area contributed by atoms with Gasteiger partial charge in [-0.15, -0.1) is 0 Å². The van der Waals surface area contributed by atoms with Crippen LogP contribution in [-0.2, 0) is 9.59 Å². The van der Waals surface area contributed by atoms with Crippen molar-refractivity contribution in [2.45, 2.75) is 52.0 Å². The van der Waals surface area contributed by atoms with Gasteiger partial charge in [0.15, 0.2) is 0 Å². The quantitative estimate of drug-likeness (QED) is 0.750. The molecule has 1 aliphatic heterocycles. The van der Waals surface area contributed by atoms with Crippen molar-refractivity contribution in [1.29, 1.82) is 0 Å². The molecule has 1 saturated carbocycles. The lowest BCUT2D eigenvalue weighted by Gasteiger charge is -2.38. The van der Waals surface area contributed by atoms with Gasteiger partial charge in [-0.1, -0.05) is 13.8 Å². The zero-order chi connectivity index (χ0) is 15.4. The van der Waals surface area contributed by atoms with Gasteiger partial charge in [0, 0.05) is 38.0 Å². The molecule has 2 unspecified atom stereocenters. The number of carboxylic acid groups (broad SMARTS) is 1. The van der Waals surface area contributed by atoms with Gasteiger partial charge < -0.3 is 15.3 Å². The summed E-state index contributed by atoms with van der Waals surface area (Å²) in [6.45, 7) is 6.82. The van der Waals surface area contributed by atoms with E-state index in [4.69, 9.17) is 5.11 Å². The van der Waals surface area contributed by atoms with Crippen LogP contribution in [0.3, 0.4) is 0 Å². The van der Waals surface area contributed by atoms with Crippen LogP contribution in [0.4, 0.5) is 0 Å². The highest BCUT2D eigenvalue weighted by Gasteiger charge is 2.32. The molecule has 2 N–H and O–H groups in total. The highest BCUT2D eigenvalue weighted by molar-refractivity contribution is 5.78. The first kappa shape index (κ1) is 16.3. The lowest BCUT2D eigenvalue weighted by atomic mass is 9.90. The molecule has 0 aromatic rings. The fourth-order valence-electron chi connectivity index (χ4n) is 3.13. The third kappa shape index (κ3) is 5.65. The van der Waals surface area contributed by atoms with Crippen LogP contribution in [-0.4, -0.2) is 47.6 Å². The number of amides is 1. The van der Waals surface area contributed by atoms with Crippen molar-refractivity contribution in [1.82, 2.24) is 10.2 Å². The van der Waals surface area contributed by atoms with Crippen LogP contribution in [0.2, 0.25) is 0 Å². The van der Waals surface area contributed by atoms with E-state index >= 15 is 0 Å². The van der Waals surface area contributed by atoms with E-state index in [0.717, 1.165) is 32.0 Å². The summed E-state index contributed by atoms with van der Waals surface area (Å²) in [7, 11) is 0. The van der Waals surface area contributed by atoms with Crippen molar-refractivity contribution >= 4 is 11.9 Å². The summed E-state index contributed by atoms with van der Waals surface area (Å²) in [4.78, 5) is 25.1. The largest absolute Gasteiger partial charge is 0.481 e. The summed E-state index contributed by atoms with van der Waals surface area (Å²) in [6.07, 6.45) is 4.49. The number of aliphatic carboxylic acids is 1. The van der Waals surface area contributed by atoms with Crippen molar-refractivity contribution < 1.29 is 14.7 Å². The molecule has 21 heavy (non-hydrogen) atoms. The number of likely N-dealkylation sites (tertiary alicyclic amines) is 1. The van der Waals surface area contributed by atoms with Crippen molar-refractivity contribution in [3.8, 4) is 0 Å². The number of hydrogen-bond acceptors (Lipinski definition) is 3. The molecule has 2 rings (SSSR count). The molecule has 0 aromatic carbocycles. The van der Waals surface area contributed by atoms with Gasteiger partial charge in [-0.05, 0) is 37.5 Å². The smallest absolute Gasteiger partial charge is 0.303 e. The third-order valence-corrected chi connectivity index (χ3v) is 4.46. The highest BCUT2D eigenvalue weighted by Crippen LogP contribution is 2.32. The van der Waals surface area contributed by atoms with Gasteiger partial charge >= 0.3 is 5.97 Å². The van der Waals surface area contributed by atoms with E-state index < -0.39 is 5.97 Å². The minimum absolute atomic E-state index is 0.00118. The Balaban J connectivity index is 1.88. The van der Waals surface area contributed by atoms with Gasteiger partial charge in [0.25, 0.3) is 0 Å². The minimum atomic E-state index is -0.725. The molecular formula is C16H28N2O3. The first-order valence-electron chi connectivity index (χ1n) is 8.18. The topological polar surface area (TPSA) is 69.6 Å². The average Bonchev–Trinajstić information content (AvgIpc) is 3.20. The fraction of sp³-hybridized carbons (Fsp3) is 0.875. The molecule has 2 fully saturated rings. The van der Waals surface area contributed by atoms with E-state index in [9.17, 15) is 9.59 Å². The van der Waals surface area contributed by atoms with Gasteiger partial charge in [-0.3, -0.25) is 9.59 Å². The summed E-state index contributed by atoms with van der Waals surface area (Å²) >= 11 is 0. The summed E-state index contributed by atoms with van der Waals surface area (Å²) < 4.78 is 0. The van der Waals surface area contributed by atoms with E-state index in [2.05, 4.69) is 10.2 Å². The predicted octanol–water partition coefficient (Wildman–Crippen LogP) is 1.72. The number of carbonyl (C=O) groups excluding carboxylic acids is 1. The minimum Gasteiger partial charge on any atom is -0.481 e. The van der Waals surface area contributed by atoms with E-state index in [0.29, 0.717) is 12.3 Å². The van der Waals surface area contributed by atoms with E-state index in [1.807, 2.05) is 13.8 Å². The average molecular weight is 296 g/mol. The van der Waals surface area contributed by atoms with E-state index in [-0.39, 0.29) is 24.3 Å². The Bertz CT molecular complexity index is 380. The van der Waals surface area contributed by atoms with Gasteiger partial charge in [0.2, 0.25) is 5.91 Å². The first-order chi connectivity index (χ1) is 9.94. The van der Waals surface area contributed by atoms with Crippen LogP contribution in [0.15, 0.2) is 0 Å². The lowest BCUT2D eigenvalue weighted by Crippen LogP contribution is -2.52. The standard InChI is InChI=1S/C16H28N2O3/c1-11(2)16(21)17-14-7-13(5-6-15(19)20)9-18(10-14)8-12-3-4-12/h11-14H,3-10H2,1-2H3,(H,17,21)(H,19,20). The van der Waals surface area contributed by atoms with Crippen molar-refractivity contribution in [3.63, 3.8) is 0 Å². The number of nitrogens with zero attached hydrogens (tertiary/aromatic N) is 1. The number of piperidine rings is 1. The molecule has 0 aromatic heterocycles. The van der Waals surface area contributed by atoms with Crippen molar-refractivity contribution in [2.24, 2.45) is 17.8 Å². The number of rotatable bonds is 7. The SMILES string of the molecule is CC(C)C(=O)NC1CC(CCC(=O)O)CN(CC2CC2)C1. The van der Waals surface area contributed by atoms with Crippen LogP contribution in [0, 0.1) is 17.8 Å². The van der Waals surface area contributed by atoms with Gasteiger partial charge in [-0.25, -0.2) is 0 Å². The second kappa shape index (κ2) is 7.25. The van der Waals surface area contributed by atoms with E-state index in [1.165, 1.54) is 12.8 Å². The second-order valence-electron chi connectivity index (χ2n) is 7.06.